The van der Waals surface area contributed by atoms with Crippen LogP contribution in [0.2, 0.25) is 0 Å². The van der Waals surface area contributed by atoms with E-state index in [0.29, 0.717) is 22.6 Å². The Morgan fingerprint density at radius 2 is 1.73 bits per heavy atom. The van der Waals surface area contributed by atoms with Crippen LogP contribution in [0.3, 0.4) is 0 Å². The molecule has 0 heterocycles. The van der Waals surface area contributed by atoms with Gasteiger partial charge in [-0.1, -0.05) is 25.1 Å². The van der Waals surface area contributed by atoms with Crippen molar-refractivity contribution in [3.8, 4) is 5.75 Å². The van der Waals surface area contributed by atoms with E-state index in [4.69, 9.17) is 4.74 Å². The quantitative estimate of drug-likeness (QED) is 0.781. The second-order valence-corrected chi connectivity index (χ2v) is 6.48. The second-order valence-electron chi connectivity index (χ2n) is 6.48. The highest BCUT2D eigenvalue weighted by Gasteiger charge is 2.15. The first-order valence-electron chi connectivity index (χ1n) is 8.88. The van der Waals surface area contributed by atoms with E-state index < -0.39 is 0 Å². The number of carbonyl (C=O) groups excluding carboxylic acids is 2. The van der Waals surface area contributed by atoms with Crippen LogP contribution in [0.1, 0.15) is 54.8 Å². The highest BCUT2D eigenvalue weighted by molar-refractivity contribution is 6.09. The summed E-state index contributed by atoms with van der Waals surface area (Å²) in [5.41, 5.74) is 1.39. The standard InChI is InChI=1S/C21H26N2O3/c1-5-15(4)22-21(25)18-11-6-7-12-19(18)23-20(24)16-9-8-10-17(13-16)26-14(2)3/h6-15H,5H2,1-4H3,(H,22,25)(H,23,24). The molecule has 0 aliphatic rings. The lowest BCUT2D eigenvalue weighted by Gasteiger charge is -2.15. The molecule has 0 saturated heterocycles. The zero-order valence-electron chi connectivity index (χ0n) is 15.7. The van der Waals surface area contributed by atoms with Crippen LogP contribution >= 0.6 is 0 Å². The van der Waals surface area contributed by atoms with Crippen molar-refractivity contribution < 1.29 is 14.3 Å². The molecule has 2 rings (SSSR count). The molecule has 138 valence electrons. The van der Waals surface area contributed by atoms with Crippen molar-refractivity contribution in [2.45, 2.75) is 46.3 Å². The molecule has 0 aromatic heterocycles. The lowest BCUT2D eigenvalue weighted by atomic mass is 10.1. The van der Waals surface area contributed by atoms with Crippen molar-refractivity contribution in [3.05, 3.63) is 59.7 Å². The zero-order chi connectivity index (χ0) is 19.1. The fourth-order valence-corrected chi connectivity index (χ4v) is 2.37. The Labute approximate surface area is 154 Å². The Morgan fingerprint density at radius 1 is 1.00 bits per heavy atom. The summed E-state index contributed by atoms with van der Waals surface area (Å²) in [7, 11) is 0. The van der Waals surface area contributed by atoms with Crippen LogP contribution < -0.4 is 15.4 Å². The van der Waals surface area contributed by atoms with Crippen LogP contribution in [0.25, 0.3) is 0 Å². The van der Waals surface area contributed by atoms with E-state index in [0.717, 1.165) is 6.42 Å². The zero-order valence-corrected chi connectivity index (χ0v) is 15.7. The van der Waals surface area contributed by atoms with Crippen LogP contribution in [0.15, 0.2) is 48.5 Å². The average molecular weight is 354 g/mol. The number of benzene rings is 2. The summed E-state index contributed by atoms with van der Waals surface area (Å²) < 4.78 is 5.63. The number of nitrogens with one attached hydrogen (secondary N) is 2. The molecule has 2 aromatic rings. The van der Waals surface area contributed by atoms with Crippen molar-refractivity contribution >= 4 is 17.5 Å². The number of carbonyl (C=O) groups is 2. The molecule has 0 radical (unpaired) electrons. The van der Waals surface area contributed by atoms with Gasteiger partial charge in [0, 0.05) is 11.6 Å². The third-order valence-electron chi connectivity index (χ3n) is 3.88. The predicted molar refractivity (Wildman–Crippen MR) is 104 cm³/mol. The number of ether oxygens (including phenoxy) is 1. The molecule has 0 saturated carbocycles. The minimum atomic E-state index is -0.289. The van der Waals surface area contributed by atoms with Gasteiger partial charge < -0.3 is 15.4 Å². The van der Waals surface area contributed by atoms with Crippen LogP contribution in [0.5, 0.6) is 5.75 Å². The third kappa shape index (κ3) is 5.34. The molecule has 26 heavy (non-hydrogen) atoms. The van der Waals surface area contributed by atoms with Gasteiger partial charge in [0.25, 0.3) is 11.8 Å². The maximum atomic E-state index is 12.6. The molecule has 0 spiro atoms. The molecule has 0 fully saturated rings. The van der Waals surface area contributed by atoms with Crippen molar-refractivity contribution in [2.24, 2.45) is 0 Å². The van der Waals surface area contributed by atoms with E-state index in [1.807, 2.05) is 33.8 Å². The first-order chi connectivity index (χ1) is 12.4. The molecule has 2 aromatic carbocycles. The first-order valence-corrected chi connectivity index (χ1v) is 8.88. The summed E-state index contributed by atoms with van der Waals surface area (Å²) in [5.74, 6) is 0.144. The summed E-state index contributed by atoms with van der Waals surface area (Å²) >= 11 is 0. The minimum absolute atomic E-state index is 0.0262. The van der Waals surface area contributed by atoms with Crippen LogP contribution in [0.4, 0.5) is 5.69 Å². The highest BCUT2D eigenvalue weighted by atomic mass is 16.5. The predicted octanol–water partition coefficient (Wildman–Crippen LogP) is 4.25. The number of para-hydroxylation sites is 1. The van der Waals surface area contributed by atoms with E-state index in [1.165, 1.54) is 0 Å². The van der Waals surface area contributed by atoms with Gasteiger partial charge >= 0.3 is 0 Å². The average Bonchev–Trinajstić information content (AvgIpc) is 2.61. The normalized spacial score (nSPS) is 11.7. The Balaban J connectivity index is 2.18. The third-order valence-corrected chi connectivity index (χ3v) is 3.88. The monoisotopic (exact) mass is 354 g/mol. The molecular formula is C21H26N2O3. The largest absolute Gasteiger partial charge is 0.491 e. The van der Waals surface area contributed by atoms with Crippen molar-refractivity contribution in [2.75, 3.05) is 5.32 Å². The lowest BCUT2D eigenvalue weighted by Crippen LogP contribution is -2.32. The van der Waals surface area contributed by atoms with Gasteiger partial charge in [0.2, 0.25) is 0 Å². The SMILES string of the molecule is CCC(C)NC(=O)c1ccccc1NC(=O)c1cccc(OC(C)C)c1. The Bertz CT molecular complexity index is 771. The van der Waals surface area contributed by atoms with Gasteiger partial charge in [-0.25, -0.2) is 0 Å². The van der Waals surface area contributed by atoms with Gasteiger partial charge in [-0.15, -0.1) is 0 Å². The molecule has 2 N–H and O–H groups in total. The van der Waals surface area contributed by atoms with Crippen LogP contribution in [-0.4, -0.2) is 24.0 Å². The summed E-state index contributed by atoms with van der Waals surface area (Å²) in [6, 6.07) is 14.0. The molecule has 2 amide bonds. The summed E-state index contributed by atoms with van der Waals surface area (Å²) in [6.45, 7) is 7.81. The Kier molecular flexibility index (Phi) is 6.78. The van der Waals surface area contributed by atoms with Crippen molar-refractivity contribution in [3.63, 3.8) is 0 Å². The van der Waals surface area contributed by atoms with Crippen molar-refractivity contribution in [1.29, 1.82) is 0 Å². The second kappa shape index (κ2) is 9.04. The number of hydrogen-bond donors (Lipinski definition) is 2. The van der Waals surface area contributed by atoms with E-state index in [2.05, 4.69) is 10.6 Å². The van der Waals surface area contributed by atoms with E-state index in [9.17, 15) is 9.59 Å². The van der Waals surface area contributed by atoms with Crippen LogP contribution in [-0.2, 0) is 0 Å². The van der Waals surface area contributed by atoms with Gasteiger partial charge in [0.05, 0.1) is 17.4 Å². The molecule has 1 atom stereocenters. The van der Waals surface area contributed by atoms with Crippen LogP contribution in [0, 0.1) is 0 Å². The molecule has 0 aliphatic heterocycles. The number of amides is 2. The lowest BCUT2D eigenvalue weighted by molar-refractivity contribution is 0.0940. The maximum Gasteiger partial charge on any atom is 0.255 e. The molecule has 5 heteroatoms. The fourth-order valence-electron chi connectivity index (χ4n) is 2.37. The Morgan fingerprint density at radius 3 is 2.42 bits per heavy atom. The summed E-state index contributed by atoms with van der Waals surface area (Å²) in [6.07, 6.45) is 0.862. The van der Waals surface area contributed by atoms with E-state index in [-0.39, 0.29) is 24.0 Å². The fraction of sp³-hybridized carbons (Fsp3) is 0.333. The van der Waals surface area contributed by atoms with Gasteiger partial charge in [0.15, 0.2) is 0 Å². The number of rotatable bonds is 7. The van der Waals surface area contributed by atoms with Gasteiger partial charge in [-0.2, -0.15) is 0 Å². The molecule has 5 nitrogen and oxygen atoms in total. The van der Waals surface area contributed by atoms with Crippen molar-refractivity contribution in [1.82, 2.24) is 5.32 Å². The van der Waals surface area contributed by atoms with Gasteiger partial charge in [0.1, 0.15) is 5.75 Å². The van der Waals surface area contributed by atoms with E-state index in [1.54, 1.807) is 42.5 Å². The maximum absolute atomic E-state index is 12.6. The highest BCUT2D eigenvalue weighted by Crippen LogP contribution is 2.19. The number of hydrogen-bond acceptors (Lipinski definition) is 3. The Hall–Kier alpha value is -2.82. The molecule has 0 bridgehead atoms. The topological polar surface area (TPSA) is 67.4 Å². The molecular weight excluding hydrogens is 328 g/mol. The number of anilines is 1. The van der Waals surface area contributed by atoms with Gasteiger partial charge in [-0.3, -0.25) is 9.59 Å². The molecule has 0 aliphatic carbocycles. The minimum Gasteiger partial charge on any atom is -0.491 e. The van der Waals surface area contributed by atoms with E-state index >= 15 is 0 Å². The summed E-state index contributed by atoms with van der Waals surface area (Å²) in [4.78, 5) is 25.1. The molecule has 1 unspecified atom stereocenters. The van der Waals surface area contributed by atoms with Gasteiger partial charge in [-0.05, 0) is 57.5 Å². The first kappa shape index (κ1) is 19.5. The summed E-state index contributed by atoms with van der Waals surface area (Å²) in [5, 5.41) is 5.74. The smallest absolute Gasteiger partial charge is 0.255 e.